The number of carbonyl (C=O) groups is 1. The van der Waals surface area contributed by atoms with Gasteiger partial charge in [0.1, 0.15) is 0 Å². The summed E-state index contributed by atoms with van der Waals surface area (Å²) in [6.07, 6.45) is 4.07. The molecule has 0 saturated heterocycles. The van der Waals surface area contributed by atoms with Crippen LogP contribution >= 0.6 is 0 Å². The molecule has 100 valence electrons. The lowest BCUT2D eigenvalue weighted by molar-refractivity contribution is -0.136. The highest BCUT2D eigenvalue weighted by molar-refractivity contribution is 5.71. The van der Waals surface area contributed by atoms with Crippen molar-refractivity contribution in [3.8, 4) is 0 Å². The SMILES string of the molecule is CCc1cc(CC(=O)O)c(CC)c(CC)c1CC. The van der Waals surface area contributed by atoms with Crippen LogP contribution in [0.15, 0.2) is 6.07 Å². The Balaban J connectivity index is 3.47. The van der Waals surface area contributed by atoms with Gasteiger partial charge in [0.15, 0.2) is 0 Å². The fraction of sp³-hybridized carbons (Fsp3) is 0.562. The van der Waals surface area contributed by atoms with Crippen molar-refractivity contribution in [2.45, 2.75) is 59.8 Å². The van der Waals surface area contributed by atoms with Crippen LogP contribution in [0.3, 0.4) is 0 Å². The lowest BCUT2D eigenvalue weighted by Gasteiger charge is -2.19. The zero-order valence-electron chi connectivity index (χ0n) is 12.0. The number of benzene rings is 1. The fourth-order valence-electron chi connectivity index (χ4n) is 2.90. The maximum absolute atomic E-state index is 11.0. The third kappa shape index (κ3) is 2.92. The summed E-state index contributed by atoms with van der Waals surface area (Å²) < 4.78 is 0. The van der Waals surface area contributed by atoms with Gasteiger partial charge >= 0.3 is 5.97 Å². The minimum atomic E-state index is -0.738. The van der Waals surface area contributed by atoms with E-state index >= 15 is 0 Å². The van der Waals surface area contributed by atoms with Crippen molar-refractivity contribution < 1.29 is 9.90 Å². The number of hydrogen-bond acceptors (Lipinski definition) is 1. The highest BCUT2D eigenvalue weighted by Gasteiger charge is 2.15. The van der Waals surface area contributed by atoms with Gasteiger partial charge in [-0.05, 0) is 53.5 Å². The molecule has 0 unspecified atom stereocenters. The molecule has 18 heavy (non-hydrogen) atoms. The maximum Gasteiger partial charge on any atom is 0.307 e. The quantitative estimate of drug-likeness (QED) is 0.835. The van der Waals surface area contributed by atoms with Crippen molar-refractivity contribution in [2.24, 2.45) is 0 Å². The molecule has 2 heteroatoms. The molecule has 0 aliphatic heterocycles. The molecule has 0 bridgehead atoms. The molecular weight excluding hydrogens is 224 g/mol. The van der Waals surface area contributed by atoms with Crippen molar-refractivity contribution in [2.75, 3.05) is 0 Å². The first-order valence-electron chi connectivity index (χ1n) is 6.95. The van der Waals surface area contributed by atoms with E-state index in [1.54, 1.807) is 0 Å². The standard InChI is InChI=1S/C16H24O2/c1-5-11-9-12(10-16(17)18)14(7-3)15(8-4)13(11)6-2/h9H,5-8,10H2,1-4H3,(H,17,18). The Morgan fingerprint density at radius 1 is 0.889 bits per heavy atom. The predicted molar refractivity (Wildman–Crippen MR) is 75.3 cm³/mol. The molecule has 1 aromatic rings. The van der Waals surface area contributed by atoms with Crippen LogP contribution in [0.2, 0.25) is 0 Å². The van der Waals surface area contributed by atoms with Gasteiger partial charge in [-0.2, -0.15) is 0 Å². The smallest absolute Gasteiger partial charge is 0.307 e. The number of carboxylic acids is 1. The molecule has 1 rings (SSSR count). The maximum atomic E-state index is 11.0. The molecule has 0 amide bonds. The van der Waals surface area contributed by atoms with Gasteiger partial charge in [-0.3, -0.25) is 4.79 Å². The zero-order valence-corrected chi connectivity index (χ0v) is 12.0. The molecule has 0 atom stereocenters. The fourth-order valence-corrected chi connectivity index (χ4v) is 2.90. The average molecular weight is 248 g/mol. The second kappa shape index (κ2) is 6.58. The predicted octanol–water partition coefficient (Wildman–Crippen LogP) is 3.56. The lowest BCUT2D eigenvalue weighted by atomic mass is 9.86. The summed E-state index contributed by atoms with van der Waals surface area (Å²) in [5, 5.41) is 9.04. The molecule has 0 saturated carbocycles. The normalized spacial score (nSPS) is 10.7. The monoisotopic (exact) mass is 248 g/mol. The second-order valence-electron chi connectivity index (χ2n) is 4.62. The van der Waals surface area contributed by atoms with Crippen LogP contribution in [-0.4, -0.2) is 11.1 Å². The second-order valence-corrected chi connectivity index (χ2v) is 4.62. The van der Waals surface area contributed by atoms with E-state index in [1.165, 1.54) is 22.3 Å². The van der Waals surface area contributed by atoms with Gasteiger partial charge in [0, 0.05) is 0 Å². The first-order valence-corrected chi connectivity index (χ1v) is 6.95. The third-order valence-electron chi connectivity index (χ3n) is 3.64. The van der Waals surface area contributed by atoms with Crippen LogP contribution in [0.4, 0.5) is 0 Å². The first-order chi connectivity index (χ1) is 8.58. The molecule has 0 aromatic heterocycles. The minimum absolute atomic E-state index is 0.146. The summed E-state index contributed by atoms with van der Waals surface area (Å²) in [4.78, 5) is 11.0. The largest absolute Gasteiger partial charge is 0.481 e. The Bertz CT molecular complexity index is 433. The van der Waals surface area contributed by atoms with E-state index in [9.17, 15) is 4.79 Å². The summed E-state index contributed by atoms with van der Waals surface area (Å²) >= 11 is 0. The number of aliphatic carboxylic acids is 1. The Hall–Kier alpha value is -1.31. The molecular formula is C16H24O2. The topological polar surface area (TPSA) is 37.3 Å². The van der Waals surface area contributed by atoms with Gasteiger partial charge in [-0.15, -0.1) is 0 Å². The van der Waals surface area contributed by atoms with E-state index in [-0.39, 0.29) is 6.42 Å². The number of hydrogen-bond donors (Lipinski definition) is 1. The first kappa shape index (κ1) is 14.7. The van der Waals surface area contributed by atoms with E-state index in [0.29, 0.717) is 0 Å². The van der Waals surface area contributed by atoms with Gasteiger partial charge in [-0.1, -0.05) is 33.8 Å². The summed E-state index contributed by atoms with van der Waals surface area (Å²) in [6.45, 7) is 8.61. The van der Waals surface area contributed by atoms with Crippen LogP contribution < -0.4 is 0 Å². The van der Waals surface area contributed by atoms with Crippen molar-refractivity contribution >= 4 is 5.97 Å². The number of rotatable bonds is 6. The van der Waals surface area contributed by atoms with Crippen LogP contribution in [0.1, 0.15) is 55.5 Å². The molecule has 0 spiro atoms. The van der Waals surface area contributed by atoms with E-state index in [0.717, 1.165) is 31.2 Å². The number of carboxylic acid groups (broad SMARTS) is 1. The molecule has 0 heterocycles. The van der Waals surface area contributed by atoms with E-state index in [1.807, 2.05) is 0 Å². The molecule has 0 aliphatic rings. The Morgan fingerprint density at radius 3 is 1.78 bits per heavy atom. The summed E-state index contributed by atoms with van der Waals surface area (Å²) in [5.41, 5.74) is 6.41. The molecule has 1 N–H and O–H groups in total. The van der Waals surface area contributed by atoms with Crippen LogP contribution in [0.25, 0.3) is 0 Å². The summed E-state index contributed by atoms with van der Waals surface area (Å²) in [5.74, 6) is -0.738. The zero-order chi connectivity index (χ0) is 13.7. The average Bonchev–Trinajstić information content (AvgIpc) is 2.36. The minimum Gasteiger partial charge on any atom is -0.481 e. The molecule has 0 radical (unpaired) electrons. The Kier molecular flexibility index (Phi) is 5.39. The van der Waals surface area contributed by atoms with Crippen molar-refractivity contribution in [1.82, 2.24) is 0 Å². The molecule has 0 aliphatic carbocycles. The van der Waals surface area contributed by atoms with Crippen molar-refractivity contribution in [3.05, 3.63) is 33.9 Å². The Labute approximate surface area is 110 Å². The van der Waals surface area contributed by atoms with E-state index in [4.69, 9.17) is 5.11 Å². The van der Waals surface area contributed by atoms with Crippen LogP contribution in [0.5, 0.6) is 0 Å². The molecule has 0 fully saturated rings. The Morgan fingerprint density at radius 2 is 1.39 bits per heavy atom. The highest BCUT2D eigenvalue weighted by Crippen LogP contribution is 2.26. The number of aryl methyl sites for hydroxylation is 1. The van der Waals surface area contributed by atoms with Gasteiger partial charge < -0.3 is 5.11 Å². The lowest BCUT2D eigenvalue weighted by Crippen LogP contribution is -2.10. The van der Waals surface area contributed by atoms with Gasteiger partial charge in [0.05, 0.1) is 6.42 Å². The van der Waals surface area contributed by atoms with Crippen LogP contribution in [0, 0.1) is 0 Å². The van der Waals surface area contributed by atoms with Gasteiger partial charge in [0.25, 0.3) is 0 Å². The van der Waals surface area contributed by atoms with Crippen LogP contribution in [-0.2, 0) is 36.9 Å². The third-order valence-corrected chi connectivity index (χ3v) is 3.64. The van der Waals surface area contributed by atoms with Crippen molar-refractivity contribution in [1.29, 1.82) is 0 Å². The highest BCUT2D eigenvalue weighted by atomic mass is 16.4. The molecule has 2 nitrogen and oxygen atoms in total. The van der Waals surface area contributed by atoms with Crippen molar-refractivity contribution in [3.63, 3.8) is 0 Å². The summed E-state index contributed by atoms with van der Waals surface area (Å²) in [6, 6.07) is 2.12. The van der Waals surface area contributed by atoms with E-state index < -0.39 is 5.97 Å². The van der Waals surface area contributed by atoms with E-state index in [2.05, 4.69) is 33.8 Å². The summed E-state index contributed by atoms with van der Waals surface area (Å²) in [7, 11) is 0. The van der Waals surface area contributed by atoms with Gasteiger partial charge in [-0.25, -0.2) is 0 Å². The molecule has 1 aromatic carbocycles. The van der Waals surface area contributed by atoms with Gasteiger partial charge in [0.2, 0.25) is 0 Å².